The van der Waals surface area contributed by atoms with Gasteiger partial charge < -0.3 is 9.64 Å². The molecule has 6 nitrogen and oxygen atoms in total. The lowest BCUT2D eigenvalue weighted by Gasteiger charge is -2.64. The van der Waals surface area contributed by atoms with Crippen LogP contribution in [0.3, 0.4) is 0 Å². The van der Waals surface area contributed by atoms with Crippen molar-refractivity contribution < 1.29 is 19.1 Å². The molecular formula is C32H42N2O4. The van der Waals surface area contributed by atoms with Crippen molar-refractivity contribution in [3.05, 3.63) is 23.3 Å². The summed E-state index contributed by atoms with van der Waals surface area (Å²) in [4.78, 5) is 43.2. The van der Waals surface area contributed by atoms with Gasteiger partial charge in [-0.3, -0.25) is 14.4 Å². The lowest BCUT2D eigenvalue weighted by atomic mass is 9.39. The number of morpholine rings is 1. The van der Waals surface area contributed by atoms with Crippen LogP contribution in [0.1, 0.15) is 79.1 Å². The molecule has 204 valence electrons. The van der Waals surface area contributed by atoms with Crippen LogP contribution in [0, 0.1) is 56.7 Å². The highest BCUT2D eigenvalue weighted by Crippen LogP contribution is 2.69. The summed E-state index contributed by atoms with van der Waals surface area (Å²) >= 11 is 0. The van der Waals surface area contributed by atoms with Crippen LogP contribution < -0.4 is 0 Å². The predicted molar refractivity (Wildman–Crippen MR) is 143 cm³/mol. The minimum absolute atomic E-state index is 0.0474. The van der Waals surface area contributed by atoms with Gasteiger partial charge in [0.15, 0.2) is 11.6 Å². The maximum atomic E-state index is 14.3. The average molecular weight is 519 g/mol. The molecule has 0 spiro atoms. The molecule has 6 heteroatoms. The largest absolute Gasteiger partial charge is 0.378 e. The second kappa shape index (κ2) is 8.62. The maximum absolute atomic E-state index is 14.3. The second-order valence-electron chi connectivity index (χ2n) is 14.4. The van der Waals surface area contributed by atoms with E-state index in [4.69, 9.17) is 4.74 Å². The first-order chi connectivity index (χ1) is 17.9. The van der Waals surface area contributed by atoms with Gasteiger partial charge in [0.1, 0.15) is 6.07 Å². The molecule has 6 aliphatic rings. The van der Waals surface area contributed by atoms with E-state index in [9.17, 15) is 19.6 Å². The maximum Gasteiger partial charge on any atom is 0.229 e. The Hall–Kier alpha value is -2.26. The minimum atomic E-state index is -0.461. The van der Waals surface area contributed by atoms with Crippen LogP contribution in [0.25, 0.3) is 0 Å². The monoisotopic (exact) mass is 518 g/mol. The van der Waals surface area contributed by atoms with Crippen molar-refractivity contribution in [3.63, 3.8) is 0 Å². The molecule has 38 heavy (non-hydrogen) atoms. The van der Waals surface area contributed by atoms with Crippen LogP contribution in [0.2, 0.25) is 0 Å². The van der Waals surface area contributed by atoms with Crippen LogP contribution >= 0.6 is 0 Å². The van der Waals surface area contributed by atoms with E-state index in [1.54, 1.807) is 0 Å². The van der Waals surface area contributed by atoms with Crippen LogP contribution in [0.15, 0.2) is 23.3 Å². The molecule has 4 fully saturated rings. The summed E-state index contributed by atoms with van der Waals surface area (Å²) in [5, 5.41) is 9.66. The fraction of sp³-hybridized carbons (Fsp3) is 0.750. The molecule has 0 N–H and O–H groups in total. The summed E-state index contributed by atoms with van der Waals surface area (Å²) in [6.45, 7) is 11.6. The van der Waals surface area contributed by atoms with Gasteiger partial charge in [-0.2, -0.15) is 5.26 Å². The van der Waals surface area contributed by atoms with E-state index in [1.807, 2.05) is 17.1 Å². The summed E-state index contributed by atoms with van der Waals surface area (Å²) in [6, 6.07) is 2.13. The van der Waals surface area contributed by atoms with Crippen molar-refractivity contribution in [1.82, 2.24) is 4.90 Å². The Morgan fingerprint density at radius 1 is 1.03 bits per heavy atom. The van der Waals surface area contributed by atoms with E-state index in [1.165, 1.54) is 0 Å². The minimum Gasteiger partial charge on any atom is -0.378 e. The third kappa shape index (κ3) is 3.56. The zero-order valence-electron chi connectivity index (χ0n) is 23.5. The van der Waals surface area contributed by atoms with Gasteiger partial charge in [-0.05, 0) is 79.6 Å². The predicted octanol–water partition coefficient (Wildman–Crippen LogP) is 5.04. The molecular weight excluding hydrogens is 476 g/mol. The first kappa shape index (κ1) is 26.0. The first-order valence-corrected chi connectivity index (χ1v) is 14.7. The molecule has 7 atom stereocenters. The summed E-state index contributed by atoms with van der Waals surface area (Å²) in [5.41, 5.74) is 0.404. The zero-order chi connectivity index (χ0) is 27.1. The number of hydrogen-bond donors (Lipinski definition) is 0. The third-order valence-electron chi connectivity index (χ3n) is 12.0. The van der Waals surface area contributed by atoms with E-state index >= 15 is 0 Å². The molecule has 7 unspecified atom stereocenters. The molecule has 5 aliphatic carbocycles. The smallest absolute Gasteiger partial charge is 0.229 e. The summed E-state index contributed by atoms with van der Waals surface area (Å²) in [5.74, 6) is 0.597. The summed E-state index contributed by atoms with van der Waals surface area (Å²) in [6.07, 6.45) is 10.6. The Morgan fingerprint density at radius 3 is 2.47 bits per heavy atom. The van der Waals surface area contributed by atoms with E-state index in [2.05, 4.69) is 33.8 Å². The standard InChI is InChI=1S/C32H42N2O4/c1-29(2)9-10-32(28(37)34-11-13-38-14-12-34)8-6-22-27(23(32)18-29)25(36)16-26-30(22,3)7-5-21-15-24(35)20(19-33)17-31(21,26)4/h16-17,21-23,27H,5-15,18H2,1-4H3. The molecule has 1 heterocycles. The van der Waals surface area contributed by atoms with Crippen molar-refractivity contribution in [2.75, 3.05) is 26.3 Å². The van der Waals surface area contributed by atoms with Gasteiger partial charge in [-0.15, -0.1) is 0 Å². The van der Waals surface area contributed by atoms with Gasteiger partial charge in [0.2, 0.25) is 5.91 Å². The number of nitriles is 1. The number of amides is 1. The molecule has 0 bridgehead atoms. The average Bonchev–Trinajstić information content (AvgIpc) is 2.89. The van der Waals surface area contributed by atoms with Crippen molar-refractivity contribution in [2.45, 2.75) is 79.1 Å². The number of nitrogens with zero attached hydrogens (tertiary/aromatic N) is 2. The fourth-order valence-electron chi connectivity index (χ4n) is 9.87. The Kier molecular flexibility index (Phi) is 5.89. The van der Waals surface area contributed by atoms with E-state index < -0.39 is 10.8 Å². The number of carbonyl (C=O) groups is 3. The van der Waals surface area contributed by atoms with Crippen LogP contribution in [-0.2, 0) is 19.1 Å². The Labute approximate surface area is 226 Å². The fourth-order valence-corrected chi connectivity index (χ4v) is 9.87. The van der Waals surface area contributed by atoms with E-state index in [0.717, 1.165) is 50.5 Å². The Morgan fingerprint density at radius 2 is 1.76 bits per heavy atom. The number of hydrogen-bond acceptors (Lipinski definition) is 5. The Balaban J connectivity index is 1.43. The van der Waals surface area contributed by atoms with Crippen molar-refractivity contribution >= 4 is 17.5 Å². The second-order valence-corrected chi connectivity index (χ2v) is 14.4. The van der Waals surface area contributed by atoms with Gasteiger partial charge >= 0.3 is 0 Å². The van der Waals surface area contributed by atoms with Crippen molar-refractivity contribution in [3.8, 4) is 6.07 Å². The number of rotatable bonds is 1. The number of ether oxygens (including phenoxy) is 1. The first-order valence-electron chi connectivity index (χ1n) is 14.7. The molecule has 0 radical (unpaired) electrons. The third-order valence-corrected chi connectivity index (χ3v) is 12.0. The van der Waals surface area contributed by atoms with Crippen molar-refractivity contribution in [1.29, 1.82) is 5.26 Å². The van der Waals surface area contributed by atoms with Crippen LogP contribution in [0.4, 0.5) is 0 Å². The number of Topliss-reactive ketones (excluding diaryl/α,β-unsaturated/α-hetero) is 1. The van der Waals surface area contributed by atoms with E-state index in [0.29, 0.717) is 32.7 Å². The molecule has 1 amide bonds. The lowest BCUT2D eigenvalue weighted by molar-refractivity contribution is -0.171. The molecule has 3 saturated carbocycles. The summed E-state index contributed by atoms with van der Waals surface area (Å²) < 4.78 is 5.55. The van der Waals surface area contributed by atoms with Gasteiger partial charge in [0.05, 0.1) is 24.2 Å². The van der Waals surface area contributed by atoms with Crippen LogP contribution in [-0.4, -0.2) is 48.7 Å². The highest BCUT2D eigenvalue weighted by molar-refractivity contribution is 6.01. The molecule has 6 rings (SSSR count). The van der Waals surface area contributed by atoms with Gasteiger partial charge in [-0.25, -0.2) is 0 Å². The quantitative estimate of drug-likeness (QED) is 0.485. The molecule has 1 saturated heterocycles. The molecule has 0 aromatic carbocycles. The molecule has 0 aromatic rings. The zero-order valence-corrected chi connectivity index (χ0v) is 23.5. The van der Waals surface area contributed by atoms with Gasteiger partial charge in [0, 0.05) is 30.8 Å². The highest BCUT2D eigenvalue weighted by atomic mass is 16.5. The lowest BCUT2D eigenvalue weighted by Crippen LogP contribution is -2.63. The topological polar surface area (TPSA) is 87.5 Å². The number of allylic oxidation sites excluding steroid dienone is 4. The SMILES string of the molecule is CC1(C)CCC2(C(=O)N3CCOCC3)CCC3C(C(=O)C=C4C5(C)C=C(C#N)C(=O)CC5CCC43C)C2C1. The molecule has 0 aromatic heterocycles. The van der Waals surface area contributed by atoms with E-state index in [-0.39, 0.29) is 57.5 Å². The van der Waals surface area contributed by atoms with Crippen LogP contribution in [0.5, 0.6) is 0 Å². The van der Waals surface area contributed by atoms with Gasteiger partial charge in [0.25, 0.3) is 0 Å². The van der Waals surface area contributed by atoms with Crippen molar-refractivity contribution in [2.24, 2.45) is 45.3 Å². The summed E-state index contributed by atoms with van der Waals surface area (Å²) in [7, 11) is 0. The number of fused-ring (bicyclic) bond motifs is 7. The number of carbonyl (C=O) groups excluding carboxylic acids is 3. The highest BCUT2D eigenvalue weighted by Gasteiger charge is 2.65. The normalized spacial score (nSPS) is 43.9. The molecule has 1 aliphatic heterocycles. The van der Waals surface area contributed by atoms with Gasteiger partial charge in [-0.1, -0.05) is 39.3 Å². The number of ketones is 2. The Bertz CT molecular complexity index is 1190.